The number of aryl methyl sites for hydroxylation is 1. The van der Waals surface area contributed by atoms with Gasteiger partial charge in [0.1, 0.15) is 0 Å². The second-order valence-electron chi connectivity index (χ2n) is 4.80. The number of hydrogen-bond acceptors (Lipinski definition) is 4. The van der Waals surface area contributed by atoms with Gasteiger partial charge in [-0.15, -0.1) is 5.10 Å². The van der Waals surface area contributed by atoms with E-state index in [2.05, 4.69) is 46.8 Å². The van der Waals surface area contributed by atoms with Gasteiger partial charge in [0, 0.05) is 12.2 Å². The molecule has 0 saturated heterocycles. The van der Waals surface area contributed by atoms with Crippen LogP contribution in [0, 0.1) is 12.8 Å². The summed E-state index contributed by atoms with van der Waals surface area (Å²) < 4.78 is 1.73. The van der Waals surface area contributed by atoms with E-state index in [0.29, 0.717) is 5.92 Å². The van der Waals surface area contributed by atoms with Gasteiger partial charge >= 0.3 is 0 Å². The molecular formula is C13H19N5. The monoisotopic (exact) mass is 245 g/mol. The van der Waals surface area contributed by atoms with Crippen LogP contribution in [0.15, 0.2) is 24.3 Å². The van der Waals surface area contributed by atoms with Gasteiger partial charge in [-0.1, -0.05) is 19.9 Å². The maximum atomic E-state index is 3.96. The predicted octanol–water partition coefficient (Wildman–Crippen LogP) is 2.43. The molecule has 0 amide bonds. The third-order valence-corrected chi connectivity index (χ3v) is 2.77. The zero-order valence-electron chi connectivity index (χ0n) is 11.1. The molecule has 0 aliphatic rings. The largest absolute Gasteiger partial charge is 0.385 e. The molecule has 0 aliphatic heterocycles. The van der Waals surface area contributed by atoms with Crippen molar-refractivity contribution in [2.75, 3.05) is 11.9 Å². The van der Waals surface area contributed by atoms with E-state index in [1.807, 2.05) is 19.1 Å². The SMILES string of the molecule is Cc1nnnn1-c1cccc(NCCC(C)C)c1. The third kappa shape index (κ3) is 3.06. The summed E-state index contributed by atoms with van der Waals surface area (Å²) in [5.41, 5.74) is 2.08. The molecule has 96 valence electrons. The molecule has 0 aliphatic carbocycles. The van der Waals surface area contributed by atoms with E-state index in [1.54, 1.807) is 4.68 Å². The van der Waals surface area contributed by atoms with Crippen molar-refractivity contribution in [3.8, 4) is 5.69 Å². The van der Waals surface area contributed by atoms with Crippen molar-refractivity contribution in [1.82, 2.24) is 20.2 Å². The maximum absolute atomic E-state index is 3.96. The summed E-state index contributed by atoms with van der Waals surface area (Å²) in [6.07, 6.45) is 1.16. The molecule has 0 atom stereocenters. The number of hydrogen-bond donors (Lipinski definition) is 1. The zero-order chi connectivity index (χ0) is 13.0. The fourth-order valence-electron chi connectivity index (χ4n) is 1.72. The molecule has 0 radical (unpaired) electrons. The Labute approximate surface area is 107 Å². The van der Waals surface area contributed by atoms with E-state index < -0.39 is 0 Å². The Hall–Kier alpha value is -1.91. The number of rotatable bonds is 5. The van der Waals surface area contributed by atoms with Gasteiger partial charge < -0.3 is 5.32 Å². The van der Waals surface area contributed by atoms with Crippen LogP contribution in [0.1, 0.15) is 26.1 Å². The average Bonchev–Trinajstić information content (AvgIpc) is 2.75. The van der Waals surface area contributed by atoms with Crippen LogP contribution < -0.4 is 5.32 Å². The molecule has 1 aromatic carbocycles. The van der Waals surface area contributed by atoms with Crippen molar-refractivity contribution in [3.05, 3.63) is 30.1 Å². The highest BCUT2D eigenvalue weighted by Gasteiger charge is 2.04. The predicted molar refractivity (Wildman–Crippen MR) is 71.8 cm³/mol. The van der Waals surface area contributed by atoms with E-state index in [4.69, 9.17) is 0 Å². The van der Waals surface area contributed by atoms with Crippen molar-refractivity contribution in [2.24, 2.45) is 5.92 Å². The molecular weight excluding hydrogens is 226 g/mol. The number of tetrazole rings is 1. The minimum atomic E-state index is 0.711. The maximum Gasteiger partial charge on any atom is 0.153 e. The highest BCUT2D eigenvalue weighted by atomic mass is 15.5. The normalized spacial score (nSPS) is 10.9. The Kier molecular flexibility index (Phi) is 3.92. The van der Waals surface area contributed by atoms with E-state index in [-0.39, 0.29) is 0 Å². The van der Waals surface area contributed by atoms with Crippen molar-refractivity contribution >= 4 is 5.69 Å². The Morgan fingerprint density at radius 1 is 1.33 bits per heavy atom. The Morgan fingerprint density at radius 3 is 2.83 bits per heavy atom. The van der Waals surface area contributed by atoms with Crippen molar-refractivity contribution < 1.29 is 0 Å². The lowest BCUT2D eigenvalue weighted by Crippen LogP contribution is -2.06. The minimum Gasteiger partial charge on any atom is -0.385 e. The summed E-state index contributed by atoms with van der Waals surface area (Å²) in [6, 6.07) is 8.12. The smallest absolute Gasteiger partial charge is 0.153 e. The van der Waals surface area contributed by atoms with Gasteiger partial charge in [0.15, 0.2) is 5.82 Å². The van der Waals surface area contributed by atoms with Crippen LogP contribution in [0.2, 0.25) is 0 Å². The number of anilines is 1. The molecule has 0 saturated carbocycles. The average molecular weight is 245 g/mol. The molecule has 0 bridgehead atoms. The Morgan fingerprint density at radius 2 is 2.17 bits per heavy atom. The van der Waals surface area contributed by atoms with Gasteiger partial charge in [0.2, 0.25) is 0 Å². The van der Waals surface area contributed by atoms with Gasteiger partial charge in [-0.3, -0.25) is 0 Å². The fourth-order valence-corrected chi connectivity index (χ4v) is 1.72. The zero-order valence-corrected chi connectivity index (χ0v) is 11.1. The molecule has 2 rings (SSSR count). The van der Waals surface area contributed by atoms with Gasteiger partial charge in [-0.05, 0) is 47.9 Å². The number of nitrogens with zero attached hydrogens (tertiary/aromatic N) is 4. The first-order valence-corrected chi connectivity index (χ1v) is 6.26. The van der Waals surface area contributed by atoms with E-state index in [0.717, 1.165) is 30.2 Å². The highest BCUT2D eigenvalue weighted by molar-refractivity contribution is 5.50. The van der Waals surface area contributed by atoms with Gasteiger partial charge in [-0.2, -0.15) is 4.68 Å². The van der Waals surface area contributed by atoms with Gasteiger partial charge in [0.25, 0.3) is 0 Å². The second kappa shape index (κ2) is 5.62. The van der Waals surface area contributed by atoms with E-state index in [1.165, 1.54) is 0 Å². The second-order valence-corrected chi connectivity index (χ2v) is 4.80. The molecule has 1 heterocycles. The van der Waals surface area contributed by atoms with Gasteiger partial charge in [0.05, 0.1) is 5.69 Å². The molecule has 1 N–H and O–H groups in total. The first-order chi connectivity index (χ1) is 8.66. The molecule has 1 aromatic heterocycles. The Balaban J connectivity index is 2.08. The summed E-state index contributed by atoms with van der Waals surface area (Å²) in [5.74, 6) is 1.50. The van der Waals surface area contributed by atoms with Gasteiger partial charge in [-0.25, -0.2) is 0 Å². The van der Waals surface area contributed by atoms with Crippen molar-refractivity contribution in [1.29, 1.82) is 0 Å². The van der Waals surface area contributed by atoms with Crippen LogP contribution in [-0.4, -0.2) is 26.8 Å². The molecule has 5 nitrogen and oxygen atoms in total. The summed E-state index contributed by atoms with van der Waals surface area (Å²) in [7, 11) is 0. The van der Waals surface area contributed by atoms with Crippen LogP contribution >= 0.6 is 0 Å². The fraction of sp³-hybridized carbons (Fsp3) is 0.462. The molecule has 0 spiro atoms. The van der Waals surface area contributed by atoms with Crippen LogP contribution in [0.3, 0.4) is 0 Å². The first-order valence-electron chi connectivity index (χ1n) is 6.26. The number of aromatic nitrogens is 4. The quantitative estimate of drug-likeness (QED) is 0.879. The molecule has 2 aromatic rings. The summed E-state index contributed by atoms with van der Waals surface area (Å²) in [6.45, 7) is 7.32. The highest BCUT2D eigenvalue weighted by Crippen LogP contribution is 2.14. The van der Waals surface area contributed by atoms with Crippen molar-refractivity contribution in [2.45, 2.75) is 27.2 Å². The third-order valence-electron chi connectivity index (χ3n) is 2.77. The van der Waals surface area contributed by atoms with Crippen LogP contribution in [0.5, 0.6) is 0 Å². The standard InChI is InChI=1S/C13H19N5/c1-10(2)7-8-14-12-5-4-6-13(9-12)18-11(3)15-16-17-18/h4-6,9-10,14H,7-8H2,1-3H3. The molecule has 18 heavy (non-hydrogen) atoms. The number of benzene rings is 1. The summed E-state index contributed by atoms with van der Waals surface area (Å²) in [4.78, 5) is 0. The Bertz CT molecular complexity index is 504. The van der Waals surface area contributed by atoms with Crippen LogP contribution in [0.25, 0.3) is 5.69 Å². The van der Waals surface area contributed by atoms with E-state index in [9.17, 15) is 0 Å². The molecule has 0 fully saturated rings. The summed E-state index contributed by atoms with van der Waals surface area (Å²) >= 11 is 0. The van der Waals surface area contributed by atoms with Crippen molar-refractivity contribution in [3.63, 3.8) is 0 Å². The summed E-state index contributed by atoms with van der Waals surface area (Å²) in [5, 5.41) is 14.9. The molecule has 5 heteroatoms. The lowest BCUT2D eigenvalue weighted by Gasteiger charge is -2.09. The van der Waals surface area contributed by atoms with E-state index >= 15 is 0 Å². The van der Waals surface area contributed by atoms with Crippen LogP contribution in [0.4, 0.5) is 5.69 Å². The number of nitrogens with one attached hydrogen (secondary N) is 1. The van der Waals surface area contributed by atoms with Crippen LogP contribution in [-0.2, 0) is 0 Å². The first kappa shape index (κ1) is 12.5. The topological polar surface area (TPSA) is 55.6 Å². The lowest BCUT2D eigenvalue weighted by molar-refractivity contribution is 0.607. The lowest BCUT2D eigenvalue weighted by atomic mass is 10.1. The minimum absolute atomic E-state index is 0.711. The molecule has 0 unspecified atom stereocenters.